The van der Waals surface area contributed by atoms with Gasteiger partial charge < -0.3 is 4.98 Å². The van der Waals surface area contributed by atoms with E-state index in [-0.39, 0.29) is 5.82 Å². The van der Waals surface area contributed by atoms with Crippen LogP contribution in [0.3, 0.4) is 0 Å². The maximum Gasteiger partial charge on any atom is 0.131 e. The fourth-order valence-electron chi connectivity index (χ4n) is 1.38. The highest BCUT2D eigenvalue weighted by Gasteiger charge is 2.06. The van der Waals surface area contributed by atoms with Gasteiger partial charge in [0.05, 0.1) is 6.33 Å². The van der Waals surface area contributed by atoms with Gasteiger partial charge in [-0.3, -0.25) is 0 Å². The minimum atomic E-state index is -0.284. The quantitative estimate of drug-likeness (QED) is 0.747. The monoisotopic (exact) mass is 220 g/mol. The van der Waals surface area contributed by atoms with Gasteiger partial charge in [-0.2, -0.15) is 0 Å². The van der Waals surface area contributed by atoms with E-state index in [9.17, 15) is 4.39 Å². The van der Waals surface area contributed by atoms with Crippen molar-refractivity contribution in [3.05, 3.63) is 46.7 Å². The third kappa shape index (κ3) is 1.94. The molecule has 1 aromatic carbocycles. The zero-order valence-electron chi connectivity index (χ0n) is 8.12. The van der Waals surface area contributed by atoms with E-state index in [2.05, 4.69) is 9.97 Å². The van der Waals surface area contributed by atoms with Crippen molar-refractivity contribution in [2.24, 2.45) is 0 Å². The zero-order valence-corrected chi connectivity index (χ0v) is 8.94. The van der Waals surface area contributed by atoms with Gasteiger partial charge in [0.25, 0.3) is 0 Å². The van der Waals surface area contributed by atoms with E-state index < -0.39 is 0 Å². The molecule has 15 heavy (non-hydrogen) atoms. The minimum Gasteiger partial charge on any atom is -0.337 e. The lowest BCUT2D eigenvalue weighted by atomic mass is 10.1. The normalized spacial score (nSPS) is 10.3. The van der Waals surface area contributed by atoms with Crippen LogP contribution in [0, 0.1) is 17.4 Å². The molecular formula is C11H9FN2S. The van der Waals surface area contributed by atoms with Gasteiger partial charge in [-0.1, -0.05) is 23.8 Å². The Labute approximate surface area is 91.8 Å². The molecule has 0 radical (unpaired) electrons. The predicted octanol–water partition coefficient (Wildman–Crippen LogP) is 3.25. The first-order valence-electron chi connectivity index (χ1n) is 4.47. The van der Waals surface area contributed by atoms with Crippen LogP contribution < -0.4 is 0 Å². The highest BCUT2D eigenvalue weighted by molar-refractivity contribution is 7.71. The number of aromatic nitrogens is 2. The van der Waals surface area contributed by atoms with E-state index in [0.29, 0.717) is 15.8 Å². The second kappa shape index (κ2) is 3.90. The van der Waals surface area contributed by atoms with Crippen molar-refractivity contribution in [3.8, 4) is 11.1 Å². The highest BCUT2D eigenvalue weighted by atomic mass is 32.1. The summed E-state index contributed by atoms with van der Waals surface area (Å²) in [5.74, 6) is -0.284. The molecule has 0 aliphatic rings. The molecule has 0 unspecified atom stereocenters. The van der Waals surface area contributed by atoms with Crippen LogP contribution in [0.5, 0.6) is 0 Å². The average molecular weight is 220 g/mol. The largest absolute Gasteiger partial charge is 0.337 e. The lowest BCUT2D eigenvalue weighted by Crippen LogP contribution is -1.89. The Bertz CT molecular complexity index is 548. The van der Waals surface area contributed by atoms with Crippen LogP contribution in [0.2, 0.25) is 0 Å². The molecule has 4 heteroatoms. The van der Waals surface area contributed by atoms with Crippen molar-refractivity contribution in [1.82, 2.24) is 9.97 Å². The van der Waals surface area contributed by atoms with Gasteiger partial charge in [0, 0.05) is 17.3 Å². The number of halogens is 1. The molecule has 0 amide bonds. The van der Waals surface area contributed by atoms with Gasteiger partial charge in [-0.25, -0.2) is 9.37 Å². The van der Waals surface area contributed by atoms with Gasteiger partial charge in [0.1, 0.15) is 10.5 Å². The van der Waals surface area contributed by atoms with E-state index in [1.807, 2.05) is 6.92 Å². The molecule has 0 saturated heterocycles. The molecule has 0 aliphatic heterocycles. The second-order valence-corrected chi connectivity index (χ2v) is 3.69. The molecule has 2 nitrogen and oxygen atoms in total. The summed E-state index contributed by atoms with van der Waals surface area (Å²) in [7, 11) is 0. The van der Waals surface area contributed by atoms with Gasteiger partial charge in [0.2, 0.25) is 0 Å². The molecule has 0 atom stereocenters. The number of hydrogen-bond donors (Lipinski definition) is 1. The molecule has 0 aliphatic carbocycles. The number of hydrogen-bond acceptors (Lipinski definition) is 2. The van der Waals surface area contributed by atoms with E-state index >= 15 is 0 Å². The van der Waals surface area contributed by atoms with E-state index in [1.165, 1.54) is 12.4 Å². The Morgan fingerprint density at radius 3 is 2.87 bits per heavy atom. The van der Waals surface area contributed by atoms with Gasteiger partial charge in [-0.15, -0.1) is 0 Å². The van der Waals surface area contributed by atoms with Gasteiger partial charge in [0.15, 0.2) is 0 Å². The molecule has 2 rings (SSSR count). The Hall–Kier alpha value is -1.55. The molecule has 0 bridgehead atoms. The molecule has 0 saturated carbocycles. The summed E-state index contributed by atoms with van der Waals surface area (Å²) in [6.45, 7) is 1.91. The standard InChI is InChI=1S/C11H9FN2S/c1-7-2-3-10(12)8(4-7)9-5-13-6-14-11(9)15/h2-6H,1H3,(H,13,14,15). The van der Waals surface area contributed by atoms with Crippen molar-refractivity contribution in [1.29, 1.82) is 0 Å². The summed E-state index contributed by atoms with van der Waals surface area (Å²) < 4.78 is 14.0. The predicted molar refractivity (Wildman–Crippen MR) is 59.6 cm³/mol. The molecule has 0 spiro atoms. The molecule has 1 heterocycles. The Balaban J connectivity index is 2.69. The SMILES string of the molecule is Cc1ccc(F)c(-c2cnc[nH]c2=S)c1. The molecule has 1 aromatic heterocycles. The third-order valence-corrected chi connectivity index (χ3v) is 2.47. The Morgan fingerprint density at radius 1 is 1.33 bits per heavy atom. The van der Waals surface area contributed by atoms with Crippen molar-refractivity contribution < 1.29 is 4.39 Å². The van der Waals surface area contributed by atoms with Crippen molar-refractivity contribution in [2.45, 2.75) is 6.92 Å². The maximum atomic E-state index is 13.5. The maximum absolute atomic E-state index is 13.5. The lowest BCUT2D eigenvalue weighted by Gasteiger charge is -2.03. The average Bonchev–Trinajstić information content (AvgIpc) is 2.23. The number of rotatable bonds is 1. The van der Waals surface area contributed by atoms with Crippen molar-refractivity contribution in [3.63, 3.8) is 0 Å². The molecule has 76 valence electrons. The number of benzene rings is 1. The minimum absolute atomic E-state index is 0.284. The highest BCUT2D eigenvalue weighted by Crippen LogP contribution is 2.23. The summed E-state index contributed by atoms with van der Waals surface area (Å²) in [6, 6.07) is 4.92. The number of nitrogens with one attached hydrogen (secondary N) is 1. The summed E-state index contributed by atoms with van der Waals surface area (Å²) in [4.78, 5) is 6.69. The van der Waals surface area contributed by atoms with E-state index in [0.717, 1.165) is 5.56 Å². The smallest absolute Gasteiger partial charge is 0.131 e. The fraction of sp³-hybridized carbons (Fsp3) is 0.0909. The fourth-order valence-corrected chi connectivity index (χ4v) is 1.60. The van der Waals surface area contributed by atoms with E-state index in [4.69, 9.17) is 12.2 Å². The van der Waals surface area contributed by atoms with Crippen molar-refractivity contribution >= 4 is 12.2 Å². The van der Waals surface area contributed by atoms with Gasteiger partial charge >= 0.3 is 0 Å². The second-order valence-electron chi connectivity index (χ2n) is 3.28. The van der Waals surface area contributed by atoms with Crippen LogP contribution in [0.4, 0.5) is 4.39 Å². The first-order chi connectivity index (χ1) is 7.18. The van der Waals surface area contributed by atoms with Crippen LogP contribution in [0.25, 0.3) is 11.1 Å². The zero-order chi connectivity index (χ0) is 10.8. The van der Waals surface area contributed by atoms with E-state index in [1.54, 1.807) is 18.3 Å². The Kier molecular flexibility index (Phi) is 2.60. The topological polar surface area (TPSA) is 28.7 Å². The first kappa shape index (κ1) is 9.98. The van der Waals surface area contributed by atoms with Crippen molar-refractivity contribution in [2.75, 3.05) is 0 Å². The first-order valence-corrected chi connectivity index (χ1v) is 4.88. The van der Waals surface area contributed by atoms with Crippen LogP contribution in [0.15, 0.2) is 30.7 Å². The lowest BCUT2D eigenvalue weighted by molar-refractivity contribution is 0.630. The van der Waals surface area contributed by atoms with Crippen LogP contribution >= 0.6 is 12.2 Å². The number of aryl methyl sites for hydroxylation is 1. The molecule has 0 fully saturated rings. The van der Waals surface area contributed by atoms with Gasteiger partial charge in [-0.05, 0) is 19.1 Å². The summed E-state index contributed by atoms with van der Waals surface area (Å²) in [6.07, 6.45) is 3.05. The van der Waals surface area contributed by atoms with Crippen LogP contribution in [0.1, 0.15) is 5.56 Å². The summed E-state index contributed by atoms with van der Waals surface area (Å²) >= 11 is 5.07. The molecular weight excluding hydrogens is 211 g/mol. The van der Waals surface area contributed by atoms with Crippen LogP contribution in [-0.2, 0) is 0 Å². The Morgan fingerprint density at radius 2 is 2.13 bits per heavy atom. The third-order valence-electron chi connectivity index (χ3n) is 2.13. The number of nitrogens with zero attached hydrogens (tertiary/aromatic N) is 1. The van der Waals surface area contributed by atoms with Crippen LogP contribution in [-0.4, -0.2) is 9.97 Å². The summed E-state index contributed by atoms with van der Waals surface area (Å²) in [5, 5.41) is 0. The number of H-pyrrole nitrogens is 1. The number of aromatic amines is 1. The molecule has 2 aromatic rings. The summed E-state index contributed by atoms with van der Waals surface area (Å²) in [5.41, 5.74) is 2.10. The molecule has 1 N–H and O–H groups in total.